The molecule has 0 aliphatic carbocycles. The van der Waals surface area contributed by atoms with E-state index in [-0.39, 0.29) is 12.7 Å². The van der Waals surface area contributed by atoms with E-state index in [0.717, 1.165) is 0 Å². The number of ether oxygens (including phenoxy) is 2. The molecule has 0 aliphatic heterocycles. The summed E-state index contributed by atoms with van der Waals surface area (Å²) in [6.07, 6.45) is -9.17. The number of halogens is 6. The summed E-state index contributed by atoms with van der Waals surface area (Å²) in [6.45, 7) is 1.30. The van der Waals surface area contributed by atoms with Crippen LogP contribution >= 0.6 is 0 Å². The molecule has 1 atom stereocenters. The minimum absolute atomic E-state index is 0.221. The van der Waals surface area contributed by atoms with E-state index in [0.29, 0.717) is 0 Å². The van der Waals surface area contributed by atoms with Crippen LogP contribution in [0.1, 0.15) is 26.7 Å². The predicted molar refractivity (Wildman–Crippen MR) is 51.6 cm³/mol. The SMILES string of the molecule is CCC(C)OC(F)(F)CC(F)(F)COC=C(F)F. The second-order valence-electron chi connectivity index (χ2n) is 3.73. The average Bonchev–Trinajstić information content (AvgIpc) is 2.13. The maximum absolute atomic E-state index is 13.0. The molecule has 0 aliphatic rings. The van der Waals surface area contributed by atoms with Crippen LogP contribution in [0.4, 0.5) is 26.3 Å². The first kappa shape index (κ1) is 17.1. The van der Waals surface area contributed by atoms with Crippen LogP contribution in [0.15, 0.2) is 12.3 Å². The Morgan fingerprint density at radius 2 is 1.78 bits per heavy atom. The van der Waals surface area contributed by atoms with Crippen molar-refractivity contribution in [2.45, 2.75) is 44.8 Å². The minimum atomic E-state index is -4.04. The van der Waals surface area contributed by atoms with E-state index in [2.05, 4.69) is 9.47 Å². The van der Waals surface area contributed by atoms with Gasteiger partial charge in [-0.15, -0.1) is 0 Å². The van der Waals surface area contributed by atoms with Gasteiger partial charge in [-0.1, -0.05) is 6.92 Å². The topological polar surface area (TPSA) is 18.5 Å². The van der Waals surface area contributed by atoms with E-state index in [4.69, 9.17) is 0 Å². The van der Waals surface area contributed by atoms with Crippen LogP contribution in [-0.4, -0.2) is 24.7 Å². The summed E-state index contributed by atoms with van der Waals surface area (Å²) in [5.74, 6) is -3.97. The molecule has 0 heterocycles. The Bertz CT molecular complexity index is 276. The highest BCUT2D eigenvalue weighted by Gasteiger charge is 2.45. The average molecular weight is 280 g/mol. The number of hydrogen-bond acceptors (Lipinski definition) is 2. The van der Waals surface area contributed by atoms with E-state index in [1.165, 1.54) is 6.92 Å². The van der Waals surface area contributed by atoms with Crippen molar-refractivity contribution in [1.29, 1.82) is 0 Å². The molecule has 18 heavy (non-hydrogen) atoms. The second kappa shape index (κ2) is 6.86. The quantitative estimate of drug-likeness (QED) is 0.490. The first-order valence-corrected chi connectivity index (χ1v) is 5.14. The summed E-state index contributed by atoms with van der Waals surface area (Å²) in [5, 5.41) is 0. The van der Waals surface area contributed by atoms with Gasteiger partial charge < -0.3 is 9.47 Å². The normalized spacial score (nSPS) is 14.2. The van der Waals surface area contributed by atoms with Gasteiger partial charge >= 0.3 is 12.2 Å². The highest BCUT2D eigenvalue weighted by molar-refractivity contribution is 4.76. The fraction of sp³-hybridized carbons (Fsp3) is 0.800. The molecule has 0 saturated carbocycles. The van der Waals surface area contributed by atoms with Gasteiger partial charge in [-0.3, -0.25) is 0 Å². The van der Waals surface area contributed by atoms with Crippen molar-refractivity contribution < 1.29 is 35.8 Å². The molecule has 0 rings (SSSR count). The highest BCUT2D eigenvalue weighted by Crippen LogP contribution is 2.33. The van der Waals surface area contributed by atoms with Gasteiger partial charge in [0.15, 0.2) is 6.61 Å². The molecule has 1 unspecified atom stereocenters. The molecular weight excluding hydrogens is 266 g/mol. The standard InChI is InChI=1S/C10H14F6O2/c1-3-7(2)18-10(15,16)5-9(13,14)6-17-4-8(11)12/h4,7H,3,5-6H2,1-2H3. The van der Waals surface area contributed by atoms with E-state index in [1.807, 2.05) is 0 Å². The van der Waals surface area contributed by atoms with Crippen molar-refractivity contribution in [2.24, 2.45) is 0 Å². The summed E-state index contributed by atoms with van der Waals surface area (Å²) in [7, 11) is 0. The summed E-state index contributed by atoms with van der Waals surface area (Å²) in [4.78, 5) is 0. The Labute approximate surface area is 101 Å². The molecule has 0 aromatic heterocycles. The maximum Gasteiger partial charge on any atom is 0.361 e. The largest absolute Gasteiger partial charge is 0.489 e. The highest BCUT2D eigenvalue weighted by atomic mass is 19.3. The Morgan fingerprint density at radius 3 is 2.22 bits per heavy atom. The van der Waals surface area contributed by atoms with Gasteiger partial charge in [-0.05, 0) is 13.3 Å². The van der Waals surface area contributed by atoms with Crippen molar-refractivity contribution in [2.75, 3.05) is 6.61 Å². The lowest BCUT2D eigenvalue weighted by Gasteiger charge is -2.25. The van der Waals surface area contributed by atoms with Crippen molar-refractivity contribution in [1.82, 2.24) is 0 Å². The van der Waals surface area contributed by atoms with Crippen molar-refractivity contribution >= 4 is 0 Å². The van der Waals surface area contributed by atoms with Gasteiger partial charge in [0.25, 0.3) is 5.92 Å². The van der Waals surface area contributed by atoms with Gasteiger partial charge in [0, 0.05) is 0 Å². The summed E-state index contributed by atoms with van der Waals surface area (Å²) >= 11 is 0. The van der Waals surface area contributed by atoms with Crippen molar-refractivity contribution in [3.8, 4) is 0 Å². The molecule has 0 spiro atoms. The van der Waals surface area contributed by atoms with Gasteiger partial charge in [0.05, 0.1) is 6.10 Å². The van der Waals surface area contributed by atoms with Crippen LogP contribution < -0.4 is 0 Å². The third kappa shape index (κ3) is 8.21. The lowest BCUT2D eigenvalue weighted by Crippen LogP contribution is -2.36. The zero-order valence-electron chi connectivity index (χ0n) is 9.86. The van der Waals surface area contributed by atoms with Crippen LogP contribution in [0.25, 0.3) is 0 Å². The summed E-state index contributed by atoms with van der Waals surface area (Å²) < 4.78 is 82.8. The number of rotatable bonds is 8. The third-order valence-electron chi connectivity index (χ3n) is 1.88. The smallest absolute Gasteiger partial charge is 0.361 e. The molecule has 0 radical (unpaired) electrons. The lowest BCUT2D eigenvalue weighted by atomic mass is 10.2. The molecule has 0 bridgehead atoms. The predicted octanol–water partition coefficient (Wildman–Crippen LogP) is 4.17. The molecule has 2 nitrogen and oxygen atoms in total. The molecule has 0 fully saturated rings. The number of hydrogen-bond donors (Lipinski definition) is 0. The fourth-order valence-electron chi connectivity index (χ4n) is 0.998. The maximum atomic E-state index is 13.0. The molecule has 0 saturated heterocycles. The Balaban J connectivity index is 4.32. The van der Waals surface area contributed by atoms with Crippen LogP contribution in [0.3, 0.4) is 0 Å². The van der Waals surface area contributed by atoms with Gasteiger partial charge in [0.1, 0.15) is 12.7 Å². The van der Waals surface area contributed by atoms with Crippen LogP contribution in [-0.2, 0) is 9.47 Å². The van der Waals surface area contributed by atoms with E-state index < -0.39 is 37.2 Å². The van der Waals surface area contributed by atoms with E-state index in [1.54, 1.807) is 6.92 Å². The molecule has 108 valence electrons. The first-order valence-electron chi connectivity index (χ1n) is 5.14. The Hall–Kier alpha value is -0.920. The van der Waals surface area contributed by atoms with Crippen LogP contribution in [0.5, 0.6) is 0 Å². The fourth-order valence-corrected chi connectivity index (χ4v) is 0.998. The monoisotopic (exact) mass is 280 g/mol. The summed E-state index contributed by atoms with van der Waals surface area (Å²) in [6, 6.07) is 0. The molecular formula is C10H14F6O2. The zero-order valence-corrected chi connectivity index (χ0v) is 9.86. The molecule has 0 N–H and O–H groups in total. The second-order valence-corrected chi connectivity index (χ2v) is 3.73. The first-order chi connectivity index (χ1) is 8.08. The van der Waals surface area contributed by atoms with Crippen molar-refractivity contribution in [3.05, 3.63) is 12.3 Å². The summed E-state index contributed by atoms with van der Waals surface area (Å²) in [5.41, 5.74) is 0. The van der Waals surface area contributed by atoms with Crippen molar-refractivity contribution in [3.63, 3.8) is 0 Å². The van der Waals surface area contributed by atoms with Gasteiger partial charge in [-0.2, -0.15) is 17.6 Å². The Kier molecular flexibility index (Phi) is 6.51. The molecule has 0 amide bonds. The Morgan fingerprint density at radius 1 is 1.22 bits per heavy atom. The third-order valence-corrected chi connectivity index (χ3v) is 1.88. The van der Waals surface area contributed by atoms with Gasteiger partial charge in [-0.25, -0.2) is 8.78 Å². The molecule has 0 aromatic rings. The number of alkyl halides is 4. The lowest BCUT2D eigenvalue weighted by molar-refractivity contribution is -0.290. The minimum Gasteiger partial charge on any atom is -0.489 e. The van der Waals surface area contributed by atoms with Crippen LogP contribution in [0.2, 0.25) is 0 Å². The molecule has 8 heteroatoms. The van der Waals surface area contributed by atoms with Crippen LogP contribution in [0, 0.1) is 0 Å². The van der Waals surface area contributed by atoms with Gasteiger partial charge in [0.2, 0.25) is 0 Å². The van der Waals surface area contributed by atoms with E-state index >= 15 is 0 Å². The zero-order chi connectivity index (χ0) is 14.4. The molecule has 0 aromatic carbocycles. The van der Waals surface area contributed by atoms with E-state index in [9.17, 15) is 26.3 Å².